The largest absolute Gasteiger partial charge is 0.347 e. The molecule has 4 heteroatoms. The average molecular weight is 324 g/mol. The molecule has 2 aromatic rings. The molecular weight excluding hydrogens is 310 g/mol. The number of carbonyl (C=O) groups is 1. The van der Waals surface area contributed by atoms with Crippen LogP contribution in [0.4, 0.5) is 0 Å². The van der Waals surface area contributed by atoms with Gasteiger partial charge in [0.2, 0.25) is 0 Å². The number of carbonyl (C=O) groups excluding carboxylic acids is 1. The van der Waals surface area contributed by atoms with E-state index in [-0.39, 0.29) is 5.91 Å². The van der Waals surface area contributed by atoms with Crippen LogP contribution in [0.5, 0.6) is 0 Å². The van der Waals surface area contributed by atoms with Crippen molar-refractivity contribution < 1.29 is 4.79 Å². The summed E-state index contributed by atoms with van der Waals surface area (Å²) in [6, 6.07) is 7.80. The van der Waals surface area contributed by atoms with Crippen LogP contribution in [-0.2, 0) is 6.54 Å². The van der Waals surface area contributed by atoms with Gasteiger partial charge in [-0.15, -0.1) is 11.3 Å². The highest BCUT2D eigenvalue weighted by Crippen LogP contribution is 2.17. The molecule has 0 aliphatic heterocycles. The van der Waals surface area contributed by atoms with Gasteiger partial charge in [0.25, 0.3) is 5.91 Å². The second-order valence-corrected chi connectivity index (χ2v) is 6.09. The minimum absolute atomic E-state index is 0.0263. The molecule has 0 spiro atoms. The van der Waals surface area contributed by atoms with Crippen molar-refractivity contribution >= 4 is 33.2 Å². The maximum atomic E-state index is 12.1. The highest BCUT2D eigenvalue weighted by Gasteiger charge is 2.10. The maximum absolute atomic E-state index is 12.1. The van der Waals surface area contributed by atoms with E-state index in [0.29, 0.717) is 6.54 Å². The van der Waals surface area contributed by atoms with Crippen molar-refractivity contribution in [2.45, 2.75) is 20.4 Å². The van der Waals surface area contributed by atoms with Gasteiger partial charge < -0.3 is 5.32 Å². The molecule has 0 atom stereocenters. The van der Waals surface area contributed by atoms with E-state index in [9.17, 15) is 4.79 Å². The number of amides is 1. The average Bonchev–Trinajstić information content (AvgIpc) is 2.75. The Balaban J connectivity index is 2.08. The highest BCUT2D eigenvalue weighted by atomic mass is 79.9. The standard InChI is InChI=1S/C14H14BrNOS/c1-9-3-4-11(15)7-12(9)14(17)16-8-13-10(2)5-6-18-13/h3-7H,8H2,1-2H3,(H,16,17). The molecule has 2 rings (SSSR count). The van der Waals surface area contributed by atoms with Crippen LogP contribution in [0.1, 0.15) is 26.4 Å². The van der Waals surface area contributed by atoms with Crippen molar-refractivity contribution in [2.24, 2.45) is 0 Å². The lowest BCUT2D eigenvalue weighted by Gasteiger charge is -2.08. The molecule has 0 aliphatic carbocycles. The number of thiophene rings is 1. The summed E-state index contributed by atoms with van der Waals surface area (Å²) in [6.45, 7) is 4.59. The first kappa shape index (κ1) is 13.3. The second kappa shape index (κ2) is 5.67. The maximum Gasteiger partial charge on any atom is 0.251 e. The minimum Gasteiger partial charge on any atom is -0.347 e. The van der Waals surface area contributed by atoms with Gasteiger partial charge in [-0.3, -0.25) is 4.79 Å². The molecule has 0 radical (unpaired) electrons. The van der Waals surface area contributed by atoms with Crippen LogP contribution < -0.4 is 5.32 Å². The van der Waals surface area contributed by atoms with Crippen LogP contribution in [-0.4, -0.2) is 5.91 Å². The summed E-state index contributed by atoms with van der Waals surface area (Å²) in [5, 5.41) is 5.00. The fraction of sp³-hybridized carbons (Fsp3) is 0.214. The van der Waals surface area contributed by atoms with Gasteiger partial charge in [-0.1, -0.05) is 22.0 Å². The molecule has 0 saturated heterocycles. The summed E-state index contributed by atoms with van der Waals surface area (Å²) in [6.07, 6.45) is 0. The SMILES string of the molecule is Cc1ccc(Br)cc1C(=O)NCc1sccc1C. The van der Waals surface area contributed by atoms with Crippen molar-refractivity contribution in [1.29, 1.82) is 0 Å². The Hall–Kier alpha value is -1.13. The topological polar surface area (TPSA) is 29.1 Å². The van der Waals surface area contributed by atoms with Gasteiger partial charge in [-0.25, -0.2) is 0 Å². The molecule has 1 aromatic carbocycles. The van der Waals surface area contributed by atoms with E-state index in [4.69, 9.17) is 0 Å². The molecule has 0 bridgehead atoms. The van der Waals surface area contributed by atoms with Gasteiger partial charge >= 0.3 is 0 Å². The van der Waals surface area contributed by atoms with Crippen molar-refractivity contribution in [3.05, 3.63) is 55.7 Å². The summed E-state index contributed by atoms with van der Waals surface area (Å²) in [4.78, 5) is 13.3. The Morgan fingerprint density at radius 2 is 2.06 bits per heavy atom. The van der Waals surface area contributed by atoms with E-state index in [1.807, 2.05) is 30.5 Å². The molecule has 1 amide bonds. The van der Waals surface area contributed by atoms with Gasteiger partial charge in [-0.05, 0) is 48.6 Å². The van der Waals surface area contributed by atoms with Crippen LogP contribution in [0.3, 0.4) is 0 Å². The lowest BCUT2D eigenvalue weighted by atomic mass is 10.1. The highest BCUT2D eigenvalue weighted by molar-refractivity contribution is 9.10. The zero-order valence-electron chi connectivity index (χ0n) is 10.3. The van der Waals surface area contributed by atoms with Crippen LogP contribution in [0.25, 0.3) is 0 Å². The van der Waals surface area contributed by atoms with E-state index in [0.717, 1.165) is 15.6 Å². The molecule has 1 N–H and O–H groups in total. The predicted molar refractivity (Wildman–Crippen MR) is 79.1 cm³/mol. The zero-order chi connectivity index (χ0) is 13.1. The third-order valence-corrected chi connectivity index (χ3v) is 4.34. The molecule has 0 fully saturated rings. The molecule has 0 saturated carbocycles. The number of halogens is 1. The van der Waals surface area contributed by atoms with Crippen LogP contribution in [0.15, 0.2) is 34.1 Å². The van der Waals surface area contributed by atoms with E-state index >= 15 is 0 Å². The summed E-state index contributed by atoms with van der Waals surface area (Å²) >= 11 is 5.06. The van der Waals surface area contributed by atoms with Crippen molar-refractivity contribution in [3.8, 4) is 0 Å². The van der Waals surface area contributed by atoms with Crippen molar-refractivity contribution in [1.82, 2.24) is 5.32 Å². The number of benzene rings is 1. The normalized spacial score (nSPS) is 10.4. The van der Waals surface area contributed by atoms with Crippen LogP contribution in [0, 0.1) is 13.8 Å². The molecule has 2 nitrogen and oxygen atoms in total. The first-order valence-corrected chi connectivity index (χ1v) is 7.32. The zero-order valence-corrected chi connectivity index (χ0v) is 12.7. The number of rotatable bonds is 3. The summed E-state index contributed by atoms with van der Waals surface area (Å²) in [7, 11) is 0. The van der Waals surface area contributed by atoms with Gasteiger partial charge in [0, 0.05) is 14.9 Å². The van der Waals surface area contributed by atoms with E-state index in [2.05, 4.69) is 34.2 Å². The summed E-state index contributed by atoms with van der Waals surface area (Å²) in [5.74, 6) is -0.0263. The number of aryl methyl sites for hydroxylation is 2. The molecule has 94 valence electrons. The lowest BCUT2D eigenvalue weighted by Crippen LogP contribution is -2.23. The summed E-state index contributed by atoms with van der Waals surface area (Å²) < 4.78 is 0.922. The first-order valence-electron chi connectivity index (χ1n) is 5.65. The summed E-state index contributed by atoms with van der Waals surface area (Å²) in [5.41, 5.74) is 2.93. The molecule has 1 aromatic heterocycles. The molecule has 0 aliphatic rings. The second-order valence-electron chi connectivity index (χ2n) is 4.17. The molecule has 0 unspecified atom stereocenters. The Bertz CT molecular complexity index is 577. The van der Waals surface area contributed by atoms with E-state index < -0.39 is 0 Å². The fourth-order valence-corrected chi connectivity index (χ4v) is 2.89. The Labute approximate surface area is 119 Å². The van der Waals surface area contributed by atoms with E-state index in [1.165, 1.54) is 10.4 Å². The quantitative estimate of drug-likeness (QED) is 0.906. The number of nitrogens with one attached hydrogen (secondary N) is 1. The Morgan fingerprint density at radius 3 is 2.72 bits per heavy atom. The third-order valence-electron chi connectivity index (χ3n) is 2.82. The van der Waals surface area contributed by atoms with Crippen LogP contribution in [0.2, 0.25) is 0 Å². The first-order chi connectivity index (χ1) is 8.58. The Kier molecular flexibility index (Phi) is 4.19. The number of hydrogen-bond acceptors (Lipinski definition) is 2. The Morgan fingerprint density at radius 1 is 1.28 bits per heavy atom. The molecule has 1 heterocycles. The number of hydrogen-bond donors (Lipinski definition) is 1. The van der Waals surface area contributed by atoms with Gasteiger partial charge in [-0.2, -0.15) is 0 Å². The van der Waals surface area contributed by atoms with E-state index in [1.54, 1.807) is 11.3 Å². The lowest BCUT2D eigenvalue weighted by molar-refractivity contribution is 0.0950. The van der Waals surface area contributed by atoms with Gasteiger partial charge in [0.05, 0.1) is 6.54 Å². The van der Waals surface area contributed by atoms with Crippen LogP contribution >= 0.6 is 27.3 Å². The molecule has 18 heavy (non-hydrogen) atoms. The molecular formula is C14H14BrNOS. The third kappa shape index (κ3) is 3.00. The smallest absolute Gasteiger partial charge is 0.251 e. The minimum atomic E-state index is -0.0263. The van der Waals surface area contributed by atoms with Gasteiger partial charge in [0.1, 0.15) is 0 Å². The predicted octanol–water partition coefficient (Wildman–Crippen LogP) is 4.06. The monoisotopic (exact) mass is 323 g/mol. The van der Waals surface area contributed by atoms with Crippen molar-refractivity contribution in [2.75, 3.05) is 0 Å². The van der Waals surface area contributed by atoms with Crippen molar-refractivity contribution in [3.63, 3.8) is 0 Å². The van der Waals surface area contributed by atoms with Gasteiger partial charge in [0.15, 0.2) is 0 Å². The fourth-order valence-electron chi connectivity index (χ4n) is 1.68.